The maximum absolute atomic E-state index is 5.64. The van der Waals surface area contributed by atoms with E-state index < -0.39 is 0 Å². The number of rotatable bonds is 2. The Hall–Kier alpha value is -1.12. The second kappa shape index (κ2) is 3.95. The molecule has 0 radical (unpaired) electrons. The first-order valence-electron chi connectivity index (χ1n) is 5.38. The first-order chi connectivity index (χ1) is 6.79. The Bertz CT molecular complexity index is 311. The molecule has 76 valence electrons. The Kier molecular flexibility index (Phi) is 2.66. The van der Waals surface area contributed by atoms with E-state index in [0.717, 1.165) is 11.7 Å². The van der Waals surface area contributed by atoms with E-state index in [-0.39, 0.29) is 0 Å². The Morgan fingerprint density at radius 3 is 3.00 bits per heavy atom. The maximum Gasteiger partial charge on any atom is 0.133 e. The summed E-state index contributed by atoms with van der Waals surface area (Å²) in [5.74, 6) is 2.95. The fourth-order valence-corrected chi connectivity index (χ4v) is 2.27. The van der Waals surface area contributed by atoms with Crippen molar-refractivity contribution >= 4 is 5.82 Å². The molecule has 3 nitrogen and oxygen atoms in total. The largest absolute Gasteiger partial charge is 0.384 e. The van der Waals surface area contributed by atoms with Gasteiger partial charge in [-0.2, -0.15) is 0 Å². The SMILES string of the molecule is CCC1CCC(c2nccc(N)n2)C1. The molecule has 3 heteroatoms. The van der Waals surface area contributed by atoms with Crippen molar-refractivity contribution in [3.8, 4) is 0 Å². The van der Waals surface area contributed by atoms with Crippen LogP contribution in [0.5, 0.6) is 0 Å². The molecule has 2 unspecified atom stereocenters. The van der Waals surface area contributed by atoms with Crippen LogP contribution >= 0.6 is 0 Å². The van der Waals surface area contributed by atoms with Crippen LogP contribution in [-0.2, 0) is 0 Å². The van der Waals surface area contributed by atoms with Gasteiger partial charge in [-0.1, -0.05) is 13.3 Å². The zero-order valence-corrected chi connectivity index (χ0v) is 8.61. The van der Waals surface area contributed by atoms with Crippen LogP contribution in [0, 0.1) is 5.92 Å². The van der Waals surface area contributed by atoms with Crippen LogP contribution in [0.2, 0.25) is 0 Å². The first-order valence-corrected chi connectivity index (χ1v) is 5.38. The molecular formula is C11H17N3. The quantitative estimate of drug-likeness (QED) is 0.780. The van der Waals surface area contributed by atoms with E-state index in [9.17, 15) is 0 Å². The minimum Gasteiger partial charge on any atom is -0.384 e. The zero-order chi connectivity index (χ0) is 9.97. The standard InChI is InChI=1S/C11H17N3/c1-2-8-3-4-9(7-8)11-13-6-5-10(12)14-11/h5-6,8-9H,2-4,7H2,1H3,(H2,12,13,14). The summed E-state index contributed by atoms with van der Waals surface area (Å²) in [4.78, 5) is 8.59. The molecule has 14 heavy (non-hydrogen) atoms. The summed E-state index contributed by atoms with van der Waals surface area (Å²) >= 11 is 0. The van der Waals surface area contributed by atoms with Crippen molar-refractivity contribution in [2.45, 2.75) is 38.5 Å². The van der Waals surface area contributed by atoms with E-state index >= 15 is 0 Å². The Morgan fingerprint density at radius 1 is 1.50 bits per heavy atom. The third kappa shape index (κ3) is 1.86. The molecule has 1 heterocycles. The topological polar surface area (TPSA) is 51.8 Å². The number of nitrogens with zero attached hydrogens (tertiary/aromatic N) is 2. The van der Waals surface area contributed by atoms with Gasteiger partial charge in [-0.25, -0.2) is 9.97 Å². The molecule has 2 N–H and O–H groups in total. The van der Waals surface area contributed by atoms with E-state index in [1.165, 1.54) is 25.7 Å². The van der Waals surface area contributed by atoms with Crippen LogP contribution in [0.15, 0.2) is 12.3 Å². The highest BCUT2D eigenvalue weighted by atomic mass is 14.9. The van der Waals surface area contributed by atoms with Gasteiger partial charge in [0, 0.05) is 12.1 Å². The Labute approximate surface area is 84.8 Å². The summed E-state index contributed by atoms with van der Waals surface area (Å²) in [7, 11) is 0. The number of anilines is 1. The Morgan fingerprint density at radius 2 is 2.36 bits per heavy atom. The molecule has 2 rings (SSSR count). The van der Waals surface area contributed by atoms with E-state index in [0.29, 0.717) is 11.7 Å². The molecule has 0 saturated heterocycles. The van der Waals surface area contributed by atoms with Crippen molar-refractivity contribution in [3.63, 3.8) is 0 Å². The average Bonchev–Trinajstić information content (AvgIpc) is 2.66. The molecule has 2 atom stereocenters. The fraction of sp³-hybridized carbons (Fsp3) is 0.636. The highest BCUT2D eigenvalue weighted by molar-refractivity contribution is 5.26. The highest BCUT2D eigenvalue weighted by Crippen LogP contribution is 2.38. The van der Waals surface area contributed by atoms with Crippen LogP contribution in [0.25, 0.3) is 0 Å². The van der Waals surface area contributed by atoms with Crippen LogP contribution in [-0.4, -0.2) is 9.97 Å². The van der Waals surface area contributed by atoms with Crippen LogP contribution in [0.1, 0.15) is 44.3 Å². The summed E-state index contributed by atoms with van der Waals surface area (Å²) in [6, 6.07) is 1.75. The van der Waals surface area contributed by atoms with Crippen LogP contribution < -0.4 is 5.73 Å². The lowest BCUT2D eigenvalue weighted by molar-refractivity contribution is 0.517. The summed E-state index contributed by atoms with van der Waals surface area (Å²) in [5, 5.41) is 0. The molecule has 0 bridgehead atoms. The van der Waals surface area contributed by atoms with Crippen molar-refractivity contribution in [2.24, 2.45) is 5.92 Å². The molecule has 1 aromatic rings. The molecule has 1 aliphatic rings. The molecular weight excluding hydrogens is 174 g/mol. The van der Waals surface area contributed by atoms with Gasteiger partial charge in [-0.3, -0.25) is 0 Å². The molecule has 0 aromatic carbocycles. The third-order valence-corrected chi connectivity index (χ3v) is 3.18. The first kappa shape index (κ1) is 9.44. The Balaban J connectivity index is 2.09. The van der Waals surface area contributed by atoms with Crippen molar-refractivity contribution in [2.75, 3.05) is 5.73 Å². The van der Waals surface area contributed by atoms with Gasteiger partial charge in [0.25, 0.3) is 0 Å². The monoisotopic (exact) mass is 191 g/mol. The van der Waals surface area contributed by atoms with Crippen molar-refractivity contribution in [3.05, 3.63) is 18.1 Å². The van der Waals surface area contributed by atoms with Crippen LogP contribution in [0.3, 0.4) is 0 Å². The zero-order valence-electron chi connectivity index (χ0n) is 8.61. The highest BCUT2D eigenvalue weighted by Gasteiger charge is 2.26. The van der Waals surface area contributed by atoms with Crippen molar-refractivity contribution in [1.82, 2.24) is 9.97 Å². The summed E-state index contributed by atoms with van der Waals surface area (Å²) < 4.78 is 0. The number of nitrogens with two attached hydrogens (primary N) is 1. The number of hydrogen-bond acceptors (Lipinski definition) is 3. The fourth-order valence-electron chi connectivity index (χ4n) is 2.27. The third-order valence-electron chi connectivity index (χ3n) is 3.18. The minimum atomic E-state index is 0.545. The van der Waals surface area contributed by atoms with Gasteiger partial charge in [-0.15, -0.1) is 0 Å². The van der Waals surface area contributed by atoms with Crippen molar-refractivity contribution < 1.29 is 0 Å². The number of aromatic nitrogens is 2. The van der Waals surface area contributed by atoms with Gasteiger partial charge in [0.15, 0.2) is 0 Å². The summed E-state index contributed by atoms with van der Waals surface area (Å²) in [6.45, 7) is 2.26. The lowest BCUT2D eigenvalue weighted by atomic mass is 10.0. The second-order valence-corrected chi connectivity index (χ2v) is 4.12. The lowest BCUT2D eigenvalue weighted by Crippen LogP contribution is -2.03. The van der Waals surface area contributed by atoms with E-state index in [1.807, 2.05) is 0 Å². The van der Waals surface area contributed by atoms with Gasteiger partial charge in [0.05, 0.1) is 0 Å². The van der Waals surface area contributed by atoms with Gasteiger partial charge in [0.1, 0.15) is 11.6 Å². The minimum absolute atomic E-state index is 0.545. The average molecular weight is 191 g/mol. The van der Waals surface area contributed by atoms with Gasteiger partial charge < -0.3 is 5.73 Å². The van der Waals surface area contributed by atoms with E-state index in [4.69, 9.17) is 5.73 Å². The van der Waals surface area contributed by atoms with Crippen LogP contribution in [0.4, 0.5) is 5.82 Å². The second-order valence-electron chi connectivity index (χ2n) is 4.12. The molecule has 1 aliphatic carbocycles. The molecule has 0 spiro atoms. The molecule has 0 aliphatic heterocycles. The van der Waals surface area contributed by atoms with Gasteiger partial charge in [0.2, 0.25) is 0 Å². The molecule has 1 fully saturated rings. The summed E-state index contributed by atoms with van der Waals surface area (Å²) in [5.41, 5.74) is 5.64. The predicted molar refractivity (Wildman–Crippen MR) is 56.8 cm³/mol. The molecule has 1 aromatic heterocycles. The van der Waals surface area contributed by atoms with Crippen molar-refractivity contribution in [1.29, 1.82) is 0 Å². The summed E-state index contributed by atoms with van der Waals surface area (Å²) in [6.07, 6.45) is 6.82. The van der Waals surface area contributed by atoms with E-state index in [1.54, 1.807) is 12.3 Å². The number of nitrogen functional groups attached to an aromatic ring is 1. The van der Waals surface area contributed by atoms with Gasteiger partial charge in [-0.05, 0) is 31.2 Å². The lowest BCUT2D eigenvalue weighted by Gasteiger charge is -2.08. The molecule has 1 saturated carbocycles. The van der Waals surface area contributed by atoms with Gasteiger partial charge >= 0.3 is 0 Å². The van der Waals surface area contributed by atoms with E-state index in [2.05, 4.69) is 16.9 Å². The predicted octanol–water partition coefficient (Wildman–Crippen LogP) is 2.35. The molecule has 0 amide bonds. The normalized spacial score (nSPS) is 26.6. The number of hydrogen-bond donors (Lipinski definition) is 1. The smallest absolute Gasteiger partial charge is 0.133 e. The maximum atomic E-state index is 5.64.